The van der Waals surface area contributed by atoms with Crippen molar-refractivity contribution in [3.8, 4) is 112 Å². The first-order valence-corrected chi connectivity index (χ1v) is 48.7. The van der Waals surface area contributed by atoms with E-state index in [1.807, 2.05) is 0 Å². The third-order valence-electron chi connectivity index (χ3n) is 28.5. The van der Waals surface area contributed by atoms with Gasteiger partial charge < -0.3 is 28.1 Å². The molecule has 0 saturated carbocycles. The summed E-state index contributed by atoms with van der Waals surface area (Å²) >= 11 is 0. The van der Waals surface area contributed by atoms with Gasteiger partial charge in [0.2, 0.25) is 0 Å². The number of hydrogen-bond donors (Lipinski definition) is 0. The van der Waals surface area contributed by atoms with E-state index in [1.54, 1.807) is 0 Å². The fraction of sp³-hybridized carbons (Fsp3) is 0. The van der Waals surface area contributed by atoms with Crippen molar-refractivity contribution in [3.05, 3.63) is 558 Å². The molecule has 142 heavy (non-hydrogen) atoms. The highest BCUT2D eigenvalue weighted by Crippen LogP contribution is 2.48. The molecule has 0 atom stereocenters. The van der Waals surface area contributed by atoms with Crippen LogP contribution in [0.5, 0.6) is 0 Å². The third-order valence-corrected chi connectivity index (χ3v) is 28.5. The van der Waals surface area contributed by atoms with E-state index in [2.05, 4.69) is 586 Å². The first-order valence-electron chi connectivity index (χ1n) is 48.7. The van der Waals surface area contributed by atoms with Crippen molar-refractivity contribution in [1.82, 2.24) is 18.3 Å². The van der Waals surface area contributed by atoms with Crippen LogP contribution in [-0.4, -0.2) is 18.3 Å². The monoisotopic (exact) mass is 1810 g/mol. The molecule has 23 aromatic carbocycles. The first-order chi connectivity index (χ1) is 70.4. The number of aromatic nitrogens is 4. The molecule has 6 heteroatoms. The molecule has 4 heterocycles. The molecule has 0 radical (unpaired) electrons. The minimum atomic E-state index is 1.08. The van der Waals surface area contributed by atoms with E-state index in [0.29, 0.717) is 0 Å². The van der Waals surface area contributed by atoms with Crippen LogP contribution in [0, 0.1) is 0 Å². The SMILES string of the molecule is c1ccc(-c2ccc(-c3ccc(N(c4ccc(-c5ccc(-n6c7ccccc7c7ccccc76)cc5)cc4)c4ccc(-c5ccc6c(c5)c5ccccc5n6-c5ccccc5)c5ccccc45)cc3)cc2)cc1.c1ccc(-c2ccc(-c3ccc(N(c4ccc(-c5ccc(-n6c7ccccc7c7ccccc76)cc5)cc4)c4ccc(-c5ccc6c(c5)c5ccccc5n6-c5ccccc5)cc4)cc3)cc2)cc1. The van der Waals surface area contributed by atoms with Crippen LogP contribution < -0.4 is 9.80 Å². The van der Waals surface area contributed by atoms with Gasteiger partial charge in [-0.1, -0.05) is 382 Å². The average molecular weight is 1810 g/mol. The van der Waals surface area contributed by atoms with Crippen LogP contribution in [0.1, 0.15) is 0 Å². The molecular weight excluding hydrogens is 1720 g/mol. The summed E-state index contributed by atoms with van der Waals surface area (Å²) in [5, 5.41) is 12.4. The summed E-state index contributed by atoms with van der Waals surface area (Å²) in [5.74, 6) is 0. The van der Waals surface area contributed by atoms with Crippen molar-refractivity contribution < 1.29 is 0 Å². The van der Waals surface area contributed by atoms with Crippen molar-refractivity contribution in [2.24, 2.45) is 0 Å². The predicted octanol–water partition coefficient (Wildman–Crippen LogP) is 37.2. The van der Waals surface area contributed by atoms with Gasteiger partial charge in [-0.3, -0.25) is 0 Å². The van der Waals surface area contributed by atoms with E-state index in [9.17, 15) is 0 Å². The maximum absolute atomic E-state index is 2.42. The lowest BCUT2D eigenvalue weighted by atomic mass is 9.95. The molecule has 6 nitrogen and oxygen atoms in total. The zero-order valence-electron chi connectivity index (χ0n) is 77.8. The predicted molar refractivity (Wildman–Crippen MR) is 601 cm³/mol. The minimum Gasteiger partial charge on any atom is -0.311 e. The van der Waals surface area contributed by atoms with Gasteiger partial charge in [0.25, 0.3) is 0 Å². The van der Waals surface area contributed by atoms with Crippen LogP contribution in [0.25, 0.3) is 210 Å². The maximum atomic E-state index is 2.42. The molecule has 27 aromatic rings. The summed E-state index contributed by atoms with van der Waals surface area (Å²) in [7, 11) is 0. The number of hydrogen-bond acceptors (Lipinski definition) is 2. The standard InChI is InChI=1S/C70H47N3.C66H45N3/c1-3-15-48(16-4-1)49-27-29-50(30-28-49)51-31-38-56(39-32-51)71(57-40-33-52(34-41-57)53-35-42-58(43-36-53)73-66-24-12-9-21-62(66)63-22-10-13-25-67(63)73)69-46-44-59(60-19-7-8-20-61(60)69)54-37-45-70-65(47-54)64-23-11-14-26-68(64)72(70)55-17-5-2-6-18-55;1-3-13-46(14-4-1)47-23-25-48(26-24-47)49-27-36-55(37-28-49)67(56-38-29-50(30-39-56)51-31-42-58(43-32-51)69-63-20-10-7-17-59(63)60-18-8-11-21-64(60)69)57-40-33-52(34-41-57)53-35-44-66-62(45-53)61-19-9-12-22-65(61)68(66)54-15-5-2-6-16-54/h1-47H;1-45H. The van der Waals surface area contributed by atoms with Gasteiger partial charge in [-0.2, -0.15) is 0 Å². The number of para-hydroxylation sites is 8. The molecule has 0 aliphatic heterocycles. The quantitative estimate of drug-likeness (QED) is 0.0856. The smallest absolute Gasteiger partial charge is 0.0541 e. The van der Waals surface area contributed by atoms with E-state index in [1.165, 1.54) is 181 Å². The summed E-state index contributed by atoms with van der Waals surface area (Å²) in [5.41, 5.74) is 39.8. The van der Waals surface area contributed by atoms with Crippen molar-refractivity contribution in [3.63, 3.8) is 0 Å². The molecule has 0 saturated heterocycles. The molecule has 0 aliphatic rings. The van der Waals surface area contributed by atoms with Crippen molar-refractivity contribution >= 4 is 132 Å². The van der Waals surface area contributed by atoms with Crippen molar-refractivity contribution in [1.29, 1.82) is 0 Å². The Kier molecular flexibility index (Phi) is 21.2. The van der Waals surface area contributed by atoms with E-state index < -0.39 is 0 Å². The number of fused-ring (bicyclic) bond motifs is 13. The Morgan fingerprint density at radius 3 is 0.620 bits per heavy atom. The van der Waals surface area contributed by atoms with Gasteiger partial charge in [-0.25, -0.2) is 0 Å². The lowest BCUT2D eigenvalue weighted by Gasteiger charge is -2.28. The van der Waals surface area contributed by atoms with Gasteiger partial charge in [-0.05, 0) is 270 Å². The van der Waals surface area contributed by atoms with Crippen LogP contribution in [0.3, 0.4) is 0 Å². The van der Waals surface area contributed by atoms with Gasteiger partial charge in [-0.15, -0.1) is 0 Å². The molecule has 0 N–H and O–H groups in total. The molecule has 0 fully saturated rings. The average Bonchev–Trinajstić information content (AvgIpc) is 1.60. The zero-order chi connectivity index (χ0) is 93.9. The van der Waals surface area contributed by atoms with Crippen LogP contribution in [0.2, 0.25) is 0 Å². The normalized spacial score (nSPS) is 11.5. The fourth-order valence-electron chi connectivity index (χ4n) is 21.6. The fourth-order valence-corrected chi connectivity index (χ4v) is 21.6. The Labute approximate surface area is 824 Å². The van der Waals surface area contributed by atoms with Crippen molar-refractivity contribution in [2.75, 3.05) is 9.80 Å². The lowest BCUT2D eigenvalue weighted by Crippen LogP contribution is -2.10. The number of nitrogens with zero attached hydrogens (tertiary/aromatic N) is 6. The summed E-state index contributed by atoms with van der Waals surface area (Å²) in [4.78, 5) is 4.78. The van der Waals surface area contributed by atoms with Crippen molar-refractivity contribution in [2.45, 2.75) is 0 Å². The Hall–Kier alpha value is -18.9. The second-order valence-electron chi connectivity index (χ2n) is 36.6. The number of benzene rings is 23. The summed E-state index contributed by atoms with van der Waals surface area (Å²) in [6.45, 7) is 0. The molecule has 0 amide bonds. The molecule has 0 aliphatic carbocycles. The van der Waals surface area contributed by atoms with Gasteiger partial charge >= 0.3 is 0 Å². The Morgan fingerprint density at radius 2 is 0.310 bits per heavy atom. The molecular formula is C136H92N6. The molecule has 0 bridgehead atoms. The largest absolute Gasteiger partial charge is 0.311 e. The lowest BCUT2D eigenvalue weighted by molar-refractivity contribution is 1.18. The van der Waals surface area contributed by atoms with E-state index in [0.717, 1.165) is 62.4 Å². The highest BCUT2D eigenvalue weighted by Gasteiger charge is 2.24. The van der Waals surface area contributed by atoms with Gasteiger partial charge in [0, 0.05) is 99.7 Å². The topological polar surface area (TPSA) is 26.2 Å². The zero-order valence-corrected chi connectivity index (χ0v) is 77.8. The van der Waals surface area contributed by atoms with E-state index >= 15 is 0 Å². The summed E-state index contributed by atoms with van der Waals surface area (Å²) in [6.07, 6.45) is 0. The Balaban J connectivity index is 0.000000146. The van der Waals surface area contributed by atoms with E-state index in [-0.39, 0.29) is 0 Å². The summed E-state index contributed by atoms with van der Waals surface area (Å²) < 4.78 is 9.49. The first kappa shape index (κ1) is 83.7. The Morgan fingerprint density at radius 1 is 0.113 bits per heavy atom. The third kappa shape index (κ3) is 15.2. The second-order valence-corrected chi connectivity index (χ2v) is 36.6. The second kappa shape index (κ2) is 36.0. The van der Waals surface area contributed by atoms with Crippen LogP contribution in [0.4, 0.5) is 34.1 Å². The molecule has 4 aromatic heterocycles. The minimum absolute atomic E-state index is 1.08. The van der Waals surface area contributed by atoms with Crippen LogP contribution in [0.15, 0.2) is 558 Å². The molecule has 0 spiro atoms. The highest BCUT2D eigenvalue weighted by molar-refractivity contribution is 6.15. The van der Waals surface area contributed by atoms with E-state index in [4.69, 9.17) is 0 Å². The molecule has 27 rings (SSSR count). The van der Waals surface area contributed by atoms with Gasteiger partial charge in [0.15, 0.2) is 0 Å². The molecule has 0 unspecified atom stereocenters. The molecule has 666 valence electrons. The number of rotatable bonds is 18. The highest BCUT2D eigenvalue weighted by atomic mass is 15.1. The van der Waals surface area contributed by atoms with Crippen LogP contribution >= 0.6 is 0 Å². The van der Waals surface area contributed by atoms with Crippen LogP contribution in [-0.2, 0) is 0 Å². The van der Waals surface area contributed by atoms with Gasteiger partial charge in [0.1, 0.15) is 0 Å². The summed E-state index contributed by atoms with van der Waals surface area (Å²) in [6, 6.07) is 203. The van der Waals surface area contributed by atoms with Gasteiger partial charge in [0.05, 0.1) is 49.8 Å². The maximum Gasteiger partial charge on any atom is 0.0541 e. The Bertz CT molecular complexity index is 9250. The number of anilines is 6.